The Balaban J connectivity index is 2.30. The zero-order valence-corrected chi connectivity index (χ0v) is 13.5. The monoisotopic (exact) mass is 328 g/mol. The first-order valence-corrected chi connectivity index (χ1v) is 8.07. The summed E-state index contributed by atoms with van der Waals surface area (Å²) >= 11 is 0. The van der Waals surface area contributed by atoms with E-state index >= 15 is 0 Å². The van der Waals surface area contributed by atoms with Crippen molar-refractivity contribution in [3.63, 3.8) is 0 Å². The lowest BCUT2D eigenvalue weighted by Crippen LogP contribution is -2.33. The first-order chi connectivity index (χ1) is 10.8. The number of amides is 1. The molecule has 3 nitrogen and oxygen atoms in total. The molecule has 0 saturated carbocycles. The van der Waals surface area contributed by atoms with Crippen LogP contribution in [-0.2, 0) is 11.0 Å². The van der Waals surface area contributed by atoms with Gasteiger partial charge in [-0.3, -0.25) is 4.79 Å². The fraction of sp³-hybridized carbons (Fsp3) is 0.588. The van der Waals surface area contributed by atoms with E-state index < -0.39 is 11.7 Å². The van der Waals surface area contributed by atoms with Gasteiger partial charge < -0.3 is 10.2 Å². The Bertz CT molecular complexity index is 549. The molecule has 1 N–H and O–H groups in total. The van der Waals surface area contributed by atoms with Crippen LogP contribution in [0, 0.1) is 5.92 Å². The summed E-state index contributed by atoms with van der Waals surface area (Å²) in [5.74, 6) is 0.372. The molecule has 1 heterocycles. The predicted octanol–water partition coefficient (Wildman–Crippen LogP) is 4.68. The van der Waals surface area contributed by atoms with Gasteiger partial charge in [0.2, 0.25) is 5.91 Å². The zero-order chi connectivity index (χ0) is 17.0. The second-order valence-corrected chi connectivity index (χ2v) is 6.20. The maximum absolute atomic E-state index is 13.0. The van der Waals surface area contributed by atoms with Crippen molar-refractivity contribution in [1.29, 1.82) is 0 Å². The first kappa shape index (κ1) is 17.6. The lowest BCUT2D eigenvalue weighted by atomic mass is 9.98. The number of carbonyl (C=O) groups excluding carboxylic acids is 1. The van der Waals surface area contributed by atoms with Crippen LogP contribution < -0.4 is 10.2 Å². The minimum absolute atomic E-state index is 0.251. The minimum Gasteiger partial charge on any atom is -0.370 e. The van der Waals surface area contributed by atoms with Crippen LogP contribution in [0.15, 0.2) is 18.2 Å². The van der Waals surface area contributed by atoms with Crippen molar-refractivity contribution < 1.29 is 18.0 Å². The number of nitrogens with zero attached hydrogens (tertiary/aromatic N) is 1. The summed E-state index contributed by atoms with van der Waals surface area (Å²) < 4.78 is 38.9. The molecule has 6 heteroatoms. The van der Waals surface area contributed by atoms with Gasteiger partial charge in [-0.25, -0.2) is 0 Å². The Hall–Kier alpha value is -1.72. The third-order valence-corrected chi connectivity index (χ3v) is 4.20. The van der Waals surface area contributed by atoms with Crippen LogP contribution in [0.2, 0.25) is 0 Å². The molecule has 1 aliphatic rings. The van der Waals surface area contributed by atoms with Gasteiger partial charge in [0.05, 0.1) is 16.9 Å². The number of benzene rings is 1. The van der Waals surface area contributed by atoms with E-state index in [1.165, 1.54) is 6.07 Å². The Morgan fingerprint density at radius 3 is 2.52 bits per heavy atom. The third-order valence-electron chi connectivity index (χ3n) is 4.20. The zero-order valence-electron chi connectivity index (χ0n) is 13.5. The van der Waals surface area contributed by atoms with Crippen molar-refractivity contribution in [3.05, 3.63) is 23.8 Å². The number of nitrogens with one attached hydrogen (secondary N) is 1. The van der Waals surface area contributed by atoms with Crippen molar-refractivity contribution in [1.82, 2.24) is 0 Å². The normalized spacial score (nSPS) is 16.5. The van der Waals surface area contributed by atoms with E-state index in [-0.39, 0.29) is 11.6 Å². The molecular formula is C17H23F3N2O. The van der Waals surface area contributed by atoms with Gasteiger partial charge in [-0.1, -0.05) is 13.8 Å². The van der Waals surface area contributed by atoms with E-state index in [0.29, 0.717) is 24.4 Å². The van der Waals surface area contributed by atoms with Gasteiger partial charge in [0, 0.05) is 19.5 Å². The number of rotatable bonds is 4. The molecule has 1 saturated heterocycles. The van der Waals surface area contributed by atoms with Gasteiger partial charge in [-0.05, 0) is 43.4 Å². The minimum atomic E-state index is -4.42. The highest BCUT2D eigenvalue weighted by Gasteiger charge is 2.32. The number of hydrogen-bond acceptors (Lipinski definition) is 2. The van der Waals surface area contributed by atoms with E-state index in [4.69, 9.17) is 0 Å². The Labute approximate surface area is 134 Å². The largest absolute Gasteiger partial charge is 0.416 e. The summed E-state index contributed by atoms with van der Waals surface area (Å²) in [6.45, 7) is 5.62. The van der Waals surface area contributed by atoms with Crippen LogP contribution in [0.25, 0.3) is 0 Å². The molecule has 0 bridgehead atoms. The van der Waals surface area contributed by atoms with Gasteiger partial charge in [-0.15, -0.1) is 0 Å². The molecule has 1 aliphatic heterocycles. The smallest absolute Gasteiger partial charge is 0.370 e. The molecule has 0 aliphatic carbocycles. The number of carbonyl (C=O) groups is 1. The molecule has 1 aromatic carbocycles. The van der Waals surface area contributed by atoms with E-state index in [9.17, 15) is 18.0 Å². The van der Waals surface area contributed by atoms with E-state index in [1.807, 2.05) is 6.92 Å². The number of alkyl halides is 3. The van der Waals surface area contributed by atoms with E-state index in [1.54, 1.807) is 0 Å². The molecule has 0 spiro atoms. The maximum Gasteiger partial charge on any atom is 0.416 e. The second-order valence-electron chi connectivity index (χ2n) is 6.20. The highest BCUT2D eigenvalue weighted by molar-refractivity contribution is 5.94. The van der Waals surface area contributed by atoms with Gasteiger partial charge in [-0.2, -0.15) is 13.2 Å². The Morgan fingerprint density at radius 2 is 1.96 bits per heavy atom. The van der Waals surface area contributed by atoms with Crippen molar-refractivity contribution in [3.8, 4) is 0 Å². The summed E-state index contributed by atoms with van der Waals surface area (Å²) in [5, 5.41) is 2.65. The number of piperidine rings is 1. The summed E-state index contributed by atoms with van der Waals surface area (Å²) in [4.78, 5) is 13.9. The first-order valence-electron chi connectivity index (χ1n) is 8.07. The highest BCUT2D eigenvalue weighted by atomic mass is 19.4. The van der Waals surface area contributed by atoms with Crippen LogP contribution in [0.4, 0.5) is 24.5 Å². The highest BCUT2D eigenvalue weighted by Crippen LogP contribution is 2.36. The van der Waals surface area contributed by atoms with Crippen LogP contribution in [0.1, 0.15) is 45.1 Å². The molecule has 0 unspecified atom stereocenters. The molecule has 1 amide bonds. The topological polar surface area (TPSA) is 32.3 Å². The molecule has 1 fully saturated rings. The maximum atomic E-state index is 13.0. The summed E-state index contributed by atoms with van der Waals surface area (Å²) in [5.41, 5.74) is 0.195. The molecule has 0 atom stereocenters. The van der Waals surface area contributed by atoms with Crippen molar-refractivity contribution in [2.24, 2.45) is 5.92 Å². The average molecular weight is 328 g/mol. The molecule has 0 radical (unpaired) electrons. The number of hydrogen-bond donors (Lipinski definition) is 1. The number of halogens is 3. The summed E-state index contributed by atoms with van der Waals surface area (Å²) in [7, 11) is 0. The fourth-order valence-electron chi connectivity index (χ4n) is 2.78. The molecule has 23 heavy (non-hydrogen) atoms. The van der Waals surface area contributed by atoms with E-state index in [0.717, 1.165) is 38.1 Å². The van der Waals surface area contributed by atoms with Crippen LogP contribution in [-0.4, -0.2) is 19.0 Å². The standard InChI is InChI=1S/C17H23F3N2O/c1-3-4-16(23)21-14-11-13(17(18,19)20)5-6-15(14)22-9-7-12(2)8-10-22/h5-6,11-12H,3-4,7-10H2,1-2H3,(H,21,23). The SMILES string of the molecule is CCCC(=O)Nc1cc(C(F)(F)F)ccc1N1CCC(C)CC1. The fourth-order valence-corrected chi connectivity index (χ4v) is 2.78. The molecule has 1 aromatic rings. The molecular weight excluding hydrogens is 305 g/mol. The molecule has 128 valence electrons. The Morgan fingerprint density at radius 1 is 1.30 bits per heavy atom. The van der Waals surface area contributed by atoms with Crippen LogP contribution in [0.3, 0.4) is 0 Å². The van der Waals surface area contributed by atoms with Gasteiger partial charge in [0.25, 0.3) is 0 Å². The average Bonchev–Trinajstić information content (AvgIpc) is 2.47. The van der Waals surface area contributed by atoms with Gasteiger partial charge >= 0.3 is 6.18 Å². The predicted molar refractivity (Wildman–Crippen MR) is 85.6 cm³/mol. The lowest BCUT2D eigenvalue weighted by Gasteiger charge is -2.33. The second kappa shape index (κ2) is 7.23. The quantitative estimate of drug-likeness (QED) is 0.870. The van der Waals surface area contributed by atoms with Crippen molar-refractivity contribution >= 4 is 17.3 Å². The number of anilines is 2. The third kappa shape index (κ3) is 4.62. The Kier molecular flexibility index (Phi) is 5.55. The van der Waals surface area contributed by atoms with Crippen LogP contribution >= 0.6 is 0 Å². The van der Waals surface area contributed by atoms with Crippen LogP contribution in [0.5, 0.6) is 0 Å². The van der Waals surface area contributed by atoms with Gasteiger partial charge in [0.1, 0.15) is 0 Å². The van der Waals surface area contributed by atoms with Gasteiger partial charge in [0.15, 0.2) is 0 Å². The summed E-state index contributed by atoms with van der Waals surface area (Å²) in [6.07, 6.45) is -1.46. The summed E-state index contributed by atoms with van der Waals surface area (Å²) in [6, 6.07) is 3.60. The van der Waals surface area contributed by atoms with Crippen molar-refractivity contribution in [2.75, 3.05) is 23.3 Å². The van der Waals surface area contributed by atoms with Crippen molar-refractivity contribution in [2.45, 2.75) is 45.7 Å². The van der Waals surface area contributed by atoms with E-state index in [2.05, 4.69) is 17.1 Å². The molecule has 0 aromatic heterocycles. The molecule has 2 rings (SSSR count). The lowest BCUT2D eigenvalue weighted by molar-refractivity contribution is -0.137.